The molecular formula is C20H26ClN7. The van der Waals surface area contributed by atoms with E-state index in [1.807, 2.05) is 38.5 Å². The van der Waals surface area contributed by atoms with Crippen LogP contribution in [-0.4, -0.2) is 64.2 Å². The molecule has 0 radical (unpaired) electrons. The van der Waals surface area contributed by atoms with Gasteiger partial charge in [-0.15, -0.1) is 0 Å². The van der Waals surface area contributed by atoms with Crippen LogP contribution in [0, 0.1) is 6.92 Å². The first-order chi connectivity index (χ1) is 13.6. The van der Waals surface area contributed by atoms with Crippen molar-refractivity contribution in [1.29, 1.82) is 0 Å². The maximum atomic E-state index is 6.12. The first-order valence-electron chi connectivity index (χ1n) is 9.74. The van der Waals surface area contributed by atoms with E-state index >= 15 is 0 Å². The number of fused-ring (bicyclic) bond motifs is 1. The van der Waals surface area contributed by atoms with Crippen molar-refractivity contribution in [3.8, 4) is 0 Å². The number of hydrogen-bond donors (Lipinski definition) is 1. The van der Waals surface area contributed by atoms with Crippen molar-refractivity contribution in [3.05, 3.63) is 41.4 Å². The number of nitrogens with one attached hydrogen (secondary N) is 1. The van der Waals surface area contributed by atoms with E-state index in [0.29, 0.717) is 0 Å². The van der Waals surface area contributed by atoms with Gasteiger partial charge in [0, 0.05) is 50.5 Å². The normalized spacial score (nSPS) is 15.3. The molecule has 0 bridgehead atoms. The summed E-state index contributed by atoms with van der Waals surface area (Å²) in [6, 6.07) is 8.12. The summed E-state index contributed by atoms with van der Waals surface area (Å²) in [7, 11) is 1.86. The molecule has 1 aliphatic rings. The number of aryl methyl sites for hydroxylation is 2. The van der Waals surface area contributed by atoms with E-state index in [-0.39, 0.29) is 0 Å². The van der Waals surface area contributed by atoms with E-state index in [9.17, 15) is 0 Å². The summed E-state index contributed by atoms with van der Waals surface area (Å²) in [5.41, 5.74) is 2.96. The molecular weight excluding hydrogens is 374 g/mol. The molecule has 3 aromatic rings. The van der Waals surface area contributed by atoms with E-state index in [1.54, 1.807) is 0 Å². The molecule has 0 atom stereocenters. The number of aromatic nitrogens is 4. The van der Waals surface area contributed by atoms with Gasteiger partial charge < -0.3 is 14.8 Å². The smallest absolute Gasteiger partial charge is 0.165 e. The van der Waals surface area contributed by atoms with Crippen molar-refractivity contribution in [2.45, 2.75) is 19.9 Å². The minimum absolute atomic E-state index is 0.760. The summed E-state index contributed by atoms with van der Waals surface area (Å²) in [5, 5.41) is 3.90. The highest BCUT2D eigenvalue weighted by Crippen LogP contribution is 2.21. The molecule has 1 N–H and O–H groups in total. The number of nitrogens with zero attached hydrogens (tertiary/aromatic N) is 6. The van der Waals surface area contributed by atoms with Crippen molar-refractivity contribution < 1.29 is 0 Å². The molecule has 1 fully saturated rings. The molecule has 0 unspecified atom stereocenters. The van der Waals surface area contributed by atoms with E-state index in [0.717, 1.165) is 73.5 Å². The second kappa shape index (κ2) is 8.32. The number of imidazole rings is 1. The largest absolute Gasteiger partial charge is 0.371 e. The molecule has 2 aromatic heterocycles. The molecule has 148 valence electrons. The Morgan fingerprint density at radius 2 is 1.93 bits per heavy atom. The van der Waals surface area contributed by atoms with Gasteiger partial charge in [-0.1, -0.05) is 17.7 Å². The minimum Gasteiger partial charge on any atom is -0.371 e. The Hall–Kier alpha value is -2.38. The lowest BCUT2D eigenvalue weighted by Crippen LogP contribution is -2.46. The zero-order chi connectivity index (χ0) is 19.5. The van der Waals surface area contributed by atoms with Gasteiger partial charge in [-0.25, -0.2) is 15.0 Å². The molecule has 0 aliphatic carbocycles. The van der Waals surface area contributed by atoms with E-state index in [2.05, 4.69) is 40.7 Å². The third-order valence-electron chi connectivity index (χ3n) is 5.23. The Morgan fingerprint density at radius 1 is 1.11 bits per heavy atom. The first-order valence-corrected chi connectivity index (χ1v) is 10.1. The van der Waals surface area contributed by atoms with Crippen LogP contribution in [0.2, 0.25) is 5.02 Å². The third kappa shape index (κ3) is 4.05. The molecule has 28 heavy (non-hydrogen) atoms. The van der Waals surface area contributed by atoms with Crippen LogP contribution in [0.25, 0.3) is 11.2 Å². The van der Waals surface area contributed by atoms with Gasteiger partial charge in [-0.2, -0.15) is 0 Å². The minimum atomic E-state index is 0.760. The molecule has 7 nitrogen and oxygen atoms in total. The second-order valence-electron chi connectivity index (χ2n) is 7.14. The van der Waals surface area contributed by atoms with Crippen molar-refractivity contribution >= 4 is 34.3 Å². The number of rotatable bonds is 6. The van der Waals surface area contributed by atoms with Crippen molar-refractivity contribution in [1.82, 2.24) is 24.4 Å². The quantitative estimate of drug-likeness (QED) is 0.687. The molecule has 1 aliphatic heterocycles. The van der Waals surface area contributed by atoms with E-state index in [1.165, 1.54) is 5.69 Å². The number of benzene rings is 1. The summed E-state index contributed by atoms with van der Waals surface area (Å²) < 4.78 is 2.13. The second-order valence-corrected chi connectivity index (χ2v) is 7.58. The number of hydrogen-bond acceptors (Lipinski definition) is 6. The van der Waals surface area contributed by atoms with Gasteiger partial charge >= 0.3 is 0 Å². The molecule has 0 saturated carbocycles. The van der Waals surface area contributed by atoms with Gasteiger partial charge in [0.2, 0.25) is 0 Å². The highest BCUT2D eigenvalue weighted by molar-refractivity contribution is 6.30. The SMILES string of the molecule is CNc1nc(C)nc2c1ncn2CCCN1CCN(c2cccc(Cl)c2)CC1. The van der Waals surface area contributed by atoms with Crippen molar-refractivity contribution in [3.63, 3.8) is 0 Å². The van der Waals surface area contributed by atoms with Crippen LogP contribution in [0.1, 0.15) is 12.2 Å². The van der Waals surface area contributed by atoms with Crippen molar-refractivity contribution in [2.24, 2.45) is 0 Å². The van der Waals surface area contributed by atoms with Crippen LogP contribution in [-0.2, 0) is 6.54 Å². The van der Waals surface area contributed by atoms with Gasteiger partial charge in [0.1, 0.15) is 11.3 Å². The highest BCUT2D eigenvalue weighted by Gasteiger charge is 2.17. The van der Waals surface area contributed by atoms with Gasteiger partial charge in [0.25, 0.3) is 0 Å². The average molecular weight is 400 g/mol. The number of halogens is 1. The van der Waals surface area contributed by atoms with Gasteiger partial charge in [0.15, 0.2) is 11.5 Å². The maximum Gasteiger partial charge on any atom is 0.165 e. The van der Waals surface area contributed by atoms with Crippen LogP contribution in [0.15, 0.2) is 30.6 Å². The van der Waals surface area contributed by atoms with Crippen LogP contribution < -0.4 is 10.2 Å². The van der Waals surface area contributed by atoms with Crippen LogP contribution in [0.3, 0.4) is 0 Å². The van der Waals surface area contributed by atoms with E-state index in [4.69, 9.17) is 11.6 Å². The van der Waals surface area contributed by atoms with Crippen LogP contribution >= 0.6 is 11.6 Å². The summed E-state index contributed by atoms with van der Waals surface area (Å²) in [6.45, 7) is 8.11. The summed E-state index contributed by atoms with van der Waals surface area (Å²) in [5.74, 6) is 1.55. The lowest BCUT2D eigenvalue weighted by atomic mass is 10.2. The first kappa shape index (κ1) is 19.0. The lowest BCUT2D eigenvalue weighted by molar-refractivity contribution is 0.251. The standard InChI is InChI=1S/C20H26ClN7/c1-15-24-19(22-2)18-20(25-15)28(14-23-18)8-4-7-26-9-11-27(12-10-26)17-6-3-5-16(21)13-17/h3,5-6,13-14H,4,7-12H2,1-2H3,(H,22,24,25). The van der Waals surface area contributed by atoms with Gasteiger partial charge in [-0.05, 0) is 38.1 Å². The van der Waals surface area contributed by atoms with Crippen LogP contribution in [0.4, 0.5) is 11.5 Å². The Morgan fingerprint density at radius 3 is 2.68 bits per heavy atom. The number of piperazine rings is 1. The summed E-state index contributed by atoms with van der Waals surface area (Å²) >= 11 is 6.12. The fourth-order valence-corrected chi connectivity index (χ4v) is 3.94. The van der Waals surface area contributed by atoms with Gasteiger partial charge in [-0.3, -0.25) is 4.90 Å². The Balaban J connectivity index is 1.31. The molecule has 0 amide bonds. The zero-order valence-corrected chi connectivity index (χ0v) is 17.2. The Bertz CT molecular complexity index is 947. The molecule has 0 spiro atoms. The monoisotopic (exact) mass is 399 g/mol. The zero-order valence-electron chi connectivity index (χ0n) is 16.4. The molecule has 8 heteroatoms. The molecule has 4 rings (SSSR count). The van der Waals surface area contributed by atoms with Crippen molar-refractivity contribution in [2.75, 3.05) is 50.0 Å². The fourth-order valence-electron chi connectivity index (χ4n) is 3.76. The molecule has 1 saturated heterocycles. The van der Waals surface area contributed by atoms with E-state index < -0.39 is 0 Å². The fraction of sp³-hybridized carbons (Fsp3) is 0.450. The summed E-state index contributed by atoms with van der Waals surface area (Å²) in [6.07, 6.45) is 2.94. The Kier molecular flexibility index (Phi) is 5.64. The van der Waals surface area contributed by atoms with Crippen LogP contribution in [0.5, 0.6) is 0 Å². The predicted octanol–water partition coefficient (Wildman–Crippen LogP) is 3.04. The Labute approximate surface area is 170 Å². The summed E-state index contributed by atoms with van der Waals surface area (Å²) in [4.78, 5) is 18.4. The number of anilines is 2. The lowest BCUT2D eigenvalue weighted by Gasteiger charge is -2.36. The maximum absolute atomic E-state index is 6.12. The third-order valence-corrected chi connectivity index (χ3v) is 5.47. The van der Waals surface area contributed by atoms with Gasteiger partial charge in [0.05, 0.1) is 6.33 Å². The highest BCUT2D eigenvalue weighted by atomic mass is 35.5. The topological polar surface area (TPSA) is 62.1 Å². The molecule has 1 aromatic carbocycles. The molecule has 3 heterocycles. The predicted molar refractivity (Wildman–Crippen MR) is 114 cm³/mol. The average Bonchev–Trinajstić information content (AvgIpc) is 3.10.